The summed E-state index contributed by atoms with van der Waals surface area (Å²) in [6, 6.07) is 7.29. The first-order chi connectivity index (χ1) is 9.67. The summed E-state index contributed by atoms with van der Waals surface area (Å²) in [7, 11) is 2.72. The Hall–Kier alpha value is -2.08. The molecule has 0 saturated carbocycles. The fourth-order valence-electron chi connectivity index (χ4n) is 3.11. The highest BCUT2D eigenvalue weighted by atomic mass is 16.5. The predicted octanol–water partition coefficient (Wildman–Crippen LogP) is 1.22. The molecule has 0 aromatic heterocycles. The molecule has 3 atom stereocenters. The first-order valence-corrected chi connectivity index (χ1v) is 6.47. The van der Waals surface area contributed by atoms with E-state index < -0.39 is 12.1 Å². The third-order valence-electron chi connectivity index (χ3n) is 3.97. The van der Waals surface area contributed by atoms with Gasteiger partial charge in [-0.15, -0.1) is 0 Å². The summed E-state index contributed by atoms with van der Waals surface area (Å²) in [4.78, 5) is 25.3. The molecule has 2 heterocycles. The average Bonchev–Trinajstić information content (AvgIpc) is 3.02. The normalized spacial score (nSPS) is 26.9. The van der Waals surface area contributed by atoms with Crippen molar-refractivity contribution in [2.75, 3.05) is 19.1 Å². The molecule has 1 fully saturated rings. The molecule has 106 valence electrons. The Morgan fingerprint density at radius 2 is 2.00 bits per heavy atom. The molecule has 0 unspecified atom stereocenters. The topological polar surface area (TPSA) is 67.9 Å². The van der Waals surface area contributed by atoms with E-state index in [-0.39, 0.29) is 18.1 Å². The van der Waals surface area contributed by atoms with Crippen LogP contribution in [0.5, 0.6) is 0 Å². The lowest BCUT2D eigenvalue weighted by Gasteiger charge is -2.24. The van der Waals surface area contributed by atoms with Gasteiger partial charge in [0.05, 0.1) is 26.1 Å². The van der Waals surface area contributed by atoms with Gasteiger partial charge in [-0.05, 0) is 18.1 Å². The Bertz CT molecular complexity index is 560. The molecule has 0 bridgehead atoms. The number of carbonyl (C=O) groups is 2. The van der Waals surface area contributed by atoms with E-state index in [1.807, 2.05) is 24.3 Å². The van der Waals surface area contributed by atoms with Gasteiger partial charge >= 0.3 is 12.1 Å². The number of methoxy groups -OCH3 is 2. The van der Waals surface area contributed by atoms with Gasteiger partial charge in [-0.25, -0.2) is 4.79 Å². The maximum atomic E-state index is 12.0. The Morgan fingerprint density at radius 3 is 2.70 bits per heavy atom. The fraction of sp³-hybridized carbons (Fsp3) is 0.429. The number of para-hydroxylation sites is 1. The number of esters is 1. The van der Waals surface area contributed by atoms with Gasteiger partial charge in [0.15, 0.2) is 0 Å². The van der Waals surface area contributed by atoms with Gasteiger partial charge in [0.1, 0.15) is 6.04 Å². The molecular formula is C14H16N2O4. The van der Waals surface area contributed by atoms with E-state index in [1.54, 1.807) is 4.90 Å². The molecular weight excluding hydrogens is 260 g/mol. The number of fused-ring (bicyclic) bond motifs is 3. The van der Waals surface area contributed by atoms with E-state index in [1.165, 1.54) is 14.2 Å². The molecule has 2 aliphatic heterocycles. The monoisotopic (exact) mass is 276 g/mol. The number of hydrogen-bond acceptors (Lipinski definition) is 5. The molecule has 0 aliphatic carbocycles. The standard InChI is InChI=1S/C14H16N2O4/c1-19-13(17)10-7-9-8-5-3-4-6-11(8)16(12(9)15-10)14(18)20-2/h3-6,9-10,12,15H,7H2,1-2H3/t9-,10+,12+/m1/s1. The third-order valence-corrected chi connectivity index (χ3v) is 3.97. The van der Waals surface area contributed by atoms with Crippen LogP contribution in [0.3, 0.4) is 0 Å². The zero-order valence-corrected chi connectivity index (χ0v) is 11.3. The summed E-state index contributed by atoms with van der Waals surface area (Å²) < 4.78 is 9.63. The summed E-state index contributed by atoms with van der Waals surface area (Å²) in [6.07, 6.45) is -0.0751. The molecule has 1 aromatic rings. The van der Waals surface area contributed by atoms with Crippen molar-refractivity contribution in [1.82, 2.24) is 5.32 Å². The number of ether oxygens (including phenoxy) is 2. The summed E-state index contributed by atoms with van der Waals surface area (Å²) in [5, 5.41) is 3.17. The van der Waals surface area contributed by atoms with Crippen LogP contribution < -0.4 is 10.2 Å². The highest BCUT2D eigenvalue weighted by molar-refractivity contribution is 5.92. The molecule has 1 saturated heterocycles. The molecule has 2 aliphatic rings. The van der Waals surface area contributed by atoms with Crippen LogP contribution >= 0.6 is 0 Å². The van der Waals surface area contributed by atoms with Gasteiger partial charge in [0, 0.05) is 5.92 Å². The van der Waals surface area contributed by atoms with Crippen LogP contribution in [0.25, 0.3) is 0 Å². The Labute approximate surface area is 116 Å². The zero-order valence-electron chi connectivity index (χ0n) is 11.3. The highest BCUT2D eigenvalue weighted by Crippen LogP contribution is 2.45. The molecule has 6 nitrogen and oxygen atoms in total. The van der Waals surface area contributed by atoms with E-state index in [0.29, 0.717) is 6.42 Å². The minimum atomic E-state index is -0.428. The number of anilines is 1. The lowest BCUT2D eigenvalue weighted by atomic mass is 9.96. The van der Waals surface area contributed by atoms with E-state index in [9.17, 15) is 9.59 Å². The number of nitrogens with one attached hydrogen (secondary N) is 1. The number of nitrogens with zero attached hydrogens (tertiary/aromatic N) is 1. The zero-order chi connectivity index (χ0) is 14.3. The molecule has 1 aromatic carbocycles. The molecule has 20 heavy (non-hydrogen) atoms. The number of amides is 1. The van der Waals surface area contributed by atoms with Crippen LogP contribution in [0.2, 0.25) is 0 Å². The van der Waals surface area contributed by atoms with Crippen molar-refractivity contribution in [3.8, 4) is 0 Å². The van der Waals surface area contributed by atoms with Gasteiger partial charge in [-0.1, -0.05) is 18.2 Å². The molecule has 1 N–H and O–H groups in total. The lowest BCUT2D eigenvalue weighted by molar-refractivity contribution is -0.142. The average molecular weight is 276 g/mol. The number of hydrogen-bond donors (Lipinski definition) is 1. The third kappa shape index (κ3) is 1.76. The highest BCUT2D eigenvalue weighted by Gasteiger charge is 2.49. The van der Waals surface area contributed by atoms with Crippen molar-refractivity contribution in [2.45, 2.75) is 24.5 Å². The van der Waals surface area contributed by atoms with Crippen LogP contribution in [-0.4, -0.2) is 38.5 Å². The van der Waals surface area contributed by atoms with Crippen LogP contribution in [0.15, 0.2) is 24.3 Å². The predicted molar refractivity (Wildman–Crippen MR) is 71.4 cm³/mol. The first kappa shape index (κ1) is 12.9. The number of benzene rings is 1. The van der Waals surface area contributed by atoms with Crippen molar-refractivity contribution < 1.29 is 19.1 Å². The van der Waals surface area contributed by atoms with Crippen LogP contribution in [-0.2, 0) is 14.3 Å². The Balaban J connectivity index is 1.97. The maximum absolute atomic E-state index is 12.0. The number of carbonyl (C=O) groups excluding carboxylic acids is 2. The molecule has 1 amide bonds. The first-order valence-electron chi connectivity index (χ1n) is 6.47. The Morgan fingerprint density at radius 1 is 1.25 bits per heavy atom. The molecule has 3 rings (SSSR count). The second kappa shape index (κ2) is 4.79. The van der Waals surface area contributed by atoms with E-state index >= 15 is 0 Å². The van der Waals surface area contributed by atoms with E-state index in [2.05, 4.69) is 5.32 Å². The summed E-state index contributed by atoms with van der Waals surface area (Å²) in [6.45, 7) is 0. The van der Waals surface area contributed by atoms with Gasteiger partial charge in [-0.3, -0.25) is 15.0 Å². The largest absolute Gasteiger partial charge is 0.468 e. The van der Waals surface area contributed by atoms with Crippen molar-refractivity contribution in [3.05, 3.63) is 29.8 Å². The van der Waals surface area contributed by atoms with Crippen LogP contribution in [0.1, 0.15) is 17.9 Å². The van der Waals surface area contributed by atoms with Gasteiger partial charge < -0.3 is 9.47 Å². The molecule has 6 heteroatoms. The Kier molecular flexibility index (Phi) is 3.10. The fourth-order valence-corrected chi connectivity index (χ4v) is 3.11. The van der Waals surface area contributed by atoms with Gasteiger partial charge in [0.2, 0.25) is 0 Å². The molecule has 0 spiro atoms. The van der Waals surface area contributed by atoms with Crippen LogP contribution in [0, 0.1) is 0 Å². The molecule has 0 radical (unpaired) electrons. The lowest BCUT2D eigenvalue weighted by Crippen LogP contribution is -2.48. The van der Waals surface area contributed by atoms with Crippen molar-refractivity contribution in [2.24, 2.45) is 0 Å². The quantitative estimate of drug-likeness (QED) is 0.781. The minimum absolute atomic E-state index is 0.0781. The smallest absolute Gasteiger partial charge is 0.415 e. The maximum Gasteiger partial charge on any atom is 0.415 e. The minimum Gasteiger partial charge on any atom is -0.468 e. The van der Waals surface area contributed by atoms with Crippen molar-refractivity contribution >= 4 is 17.7 Å². The SMILES string of the molecule is COC(=O)[C@@H]1C[C@@H]2c3ccccc3N(C(=O)OC)[C@@H]2N1. The van der Waals surface area contributed by atoms with E-state index in [0.717, 1.165) is 11.3 Å². The van der Waals surface area contributed by atoms with Crippen molar-refractivity contribution in [1.29, 1.82) is 0 Å². The van der Waals surface area contributed by atoms with Gasteiger partial charge in [-0.2, -0.15) is 0 Å². The summed E-state index contributed by atoms with van der Waals surface area (Å²) in [5.41, 5.74) is 1.90. The van der Waals surface area contributed by atoms with Gasteiger partial charge in [0.25, 0.3) is 0 Å². The second-order valence-corrected chi connectivity index (χ2v) is 4.93. The summed E-state index contributed by atoms with van der Waals surface area (Å²) >= 11 is 0. The van der Waals surface area contributed by atoms with Crippen LogP contribution in [0.4, 0.5) is 10.5 Å². The van der Waals surface area contributed by atoms with E-state index in [4.69, 9.17) is 9.47 Å². The number of rotatable bonds is 1. The summed E-state index contributed by atoms with van der Waals surface area (Å²) in [5.74, 6) is -0.226. The second-order valence-electron chi connectivity index (χ2n) is 4.93. The van der Waals surface area contributed by atoms with Crippen molar-refractivity contribution in [3.63, 3.8) is 0 Å².